The highest BCUT2D eigenvalue weighted by atomic mass is 14.9. The summed E-state index contributed by atoms with van der Waals surface area (Å²) < 4.78 is 0. The minimum absolute atomic E-state index is 0.314. The van der Waals surface area contributed by atoms with Gasteiger partial charge in [0.2, 0.25) is 0 Å². The van der Waals surface area contributed by atoms with E-state index in [0.29, 0.717) is 5.41 Å². The lowest BCUT2D eigenvalue weighted by atomic mass is 9.47. The zero-order chi connectivity index (χ0) is 12.1. The van der Waals surface area contributed by atoms with Gasteiger partial charge in [0.15, 0.2) is 0 Å². The average Bonchev–Trinajstić information content (AvgIpc) is 2.26. The third-order valence-corrected chi connectivity index (χ3v) is 5.69. The van der Waals surface area contributed by atoms with Gasteiger partial charge in [0, 0.05) is 0 Å². The summed E-state index contributed by atoms with van der Waals surface area (Å²) in [6.45, 7) is 2.07. The van der Waals surface area contributed by atoms with Crippen LogP contribution < -0.4 is 5.32 Å². The second-order valence-electron chi connectivity index (χ2n) is 7.29. The van der Waals surface area contributed by atoms with E-state index < -0.39 is 0 Å². The molecular formula is C15H24N2. The van der Waals surface area contributed by atoms with Gasteiger partial charge < -0.3 is 5.32 Å². The lowest BCUT2D eigenvalue weighted by molar-refractivity contribution is -0.0651. The maximum absolute atomic E-state index is 9.37. The molecule has 0 aliphatic heterocycles. The molecule has 4 bridgehead atoms. The fraction of sp³-hybridized carbons (Fsp3) is 0.933. The molecule has 94 valence electrons. The summed E-state index contributed by atoms with van der Waals surface area (Å²) in [4.78, 5) is 0. The quantitative estimate of drug-likeness (QED) is 0.811. The third-order valence-electron chi connectivity index (χ3n) is 5.69. The predicted molar refractivity (Wildman–Crippen MR) is 68.3 cm³/mol. The average molecular weight is 232 g/mol. The molecule has 0 radical (unpaired) electrons. The van der Waals surface area contributed by atoms with E-state index >= 15 is 0 Å². The van der Waals surface area contributed by atoms with Gasteiger partial charge in [-0.2, -0.15) is 5.26 Å². The van der Waals surface area contributed by atoms with E-state index in [2.05, 4.69) is 18.3 Å². The molecule has 0 spiro atoms. The summed E-state index contributed by atoms with van der Waals surface area (Å²) in [6.07, 6.45) is 9.73. The fourth-order valence-electron chi connectivity index (χ4n) is 5.44. The lowest BCUT2D eigenvalue weighted by Gasteiger charge is -2.58. The Hall–Kier alpha value is -0.550. The predicted octanol–water partition coefficient (Wildman–Crippen LogP) is 3.09. The van der Waals surface area contributed by atoms with E-state index in [1.807, 2.05) is 7.05 Å². The van der Waals surface area contributed by atoms with Crippen LogP contribution in [0.5, 0.6) is 0 Å². The molecule has 0 aromatic carbocycles. The summed E-state index contributed by atoms with van der Waals surface area (Å²) in [5.74, 6) is 2.96. The van der Waals surface area contributed by atoms with Crippen LogP contribution >= 0.6 is 0 Å². The van der Waals surface area contributed by atoms with Crippen LogP contribution in [0.3, 0.4) is 0 Å². The summed E-state index contributed by atoms with van der Waals surface area (Å²) in [5, 5.41) is 12.6. The first-order chi connectivity index (χ1) is 8.06. The van der Waals surface area contributed by atoms with Gasteiger partial charge in [0.1, 0.15) is 5.54 Å². The molecule has 0 amide bonds. The molecule has 0 heterocycles. The van der Waals surface area contributed by atoms with E-state index in [0.717, 1.165) is 24.2 Å². The molecule has 4 rings (SSSR count). The number of nitrogens with zero attached hydrogens (tertiary/aromatic N) is 1. The molecule has 4 fully saturated rings. The van der Waals surface area contributed by atoms with Crippen molar-refractivity contribution in [3.63, 3.8) is 0 Å². The van der Waals surface area contributed by atoms with Crippen LogP contribution in [0.1, 0.15) is 51.9 Å². The number of nitriles is 1. The summed E-state index contributed by atoms with van der Waals surface area (Å²) in [7, 11) is 1.93. The highest BCUT2D eigenvalue weighted by Crippen LogP contribution is 2.62. The van der Waals surface area contributed by atoms with Crippen molar-refractivity contribution in [3.05, 3.63) is 0 Å². The minimum Gasteiger partial charge on any atom is -0.303 e. The molecule has 0 aromatic rings. The van der Waals surface area contributed by atoms with Crippen LogP contribution in [0.4, 0.5) is 0 Å². The largest absolute Gasteiger partial charge is 0.303 e. The molecule has 4 saturated carbocycles. The standard InChI is InChI=1S/C15H24N2/c1-14(10-16,17-2)9-15-6-11-3-12(7-15)5-13(4-11)8-15/h11-13,17H,3-9H2,1-2H3. The van der Waals surface area contributed by atoms with E-state index in [9.17, 15) is 5.26 Å². The fourth-order valence-corrected chi connectivity index (χ4v) is 5.44. The van der Waals surface area contributed by atoms with Gasteiger partial charge in [-0.25, -0.2) is 0 Å². The van der Waals surface area contributed by atoms with Crippen molar-refractivity contribution in [1.29, 1.82) is 5.26 Å². The minimum atomic E-state index is -0.314. The zero-order valence-corrected chi connectivity index (χ0v) is 11.1. The number of hydrogen-bond acceptors (Lipinski definition) is 2. The van der Waals surface area contributed by atoms with E-state index in [1.165, 1.54) is 38.5 Å². The van der Waals surface area contributed by atoms with Gasteiger partial charge in [-0.05, 0) is 82.1 Å². The maximum Gasteiger partial charge on any atom is 0.104 e. The topological polar surface area (TPSA) is 35.8 Å². The van der Waals surface area contributed by atoms with Gasteiger partial charge in [-0.3, -0.25) is 0 Å². The van der Waals surface area contributed by atoms with Crippen molar-refractivity contribution >= 4 is 0 Å². The first-order valence-electron chi connectivity index (χ1n) is 7.17. The molecule has 4 aliphatic carbocycles. The second-order valence-corrected chi connectivity index (χ2v) is 7.29. The molecule has 1 N–H and O–H groups in total. The molecular weight excluding hydrogens is 208 g/mol. The van der Waals surface area contributed by atoms with Gasteiger partial charge in [0.25, 0.3) is 0 Å². The highest BCUT2D eigenvalue weighted by Gasteiger charge is 2.52. The van der Waals surface area contributed by atoms with Crippen molar-refractivity contribution in [2.24, 2.45) is 23.2 Å². The molecule has 4 aliphatic rings. The van der Waals surface area contributed by atoms with Gasteiger partial charge in [-0.15, -0.1) is 0 Å². The molecule has 17 heavy (non-hydrogen) atoms. The lowest BCUT2D eigenvalue weighted by Crippen LogP contribution is -2.51. The van der Waals surface area contributed by atoms with Crippen LogP contribution in [0, 0.1) is 34.5 Å². The van der Waals surface area contributed by atoms with Gasteiger partial charge in [-0.1, -0.05) is 0 Å². The molecule has 2 nitrogen and oxygen atoms in total. The van der Waals surface area contributed by atoms with E-state index in [4.69, 9.17) is 0 Å². The Morgan fingerprint density at radius 1 is 1.18 bits per heavy atom. The first-order valence-corrected chi connectivity index (χ1v) is 7.17. The number of nitrogens with one attached hydrogen (secondary N) is 1. The molecule has 1 atom stereocenters. The summed E-state index contributed by atoms with van der Waals surface area (Å²) in [5.41, 5.74) is 0.188. The third kappa shape index (κ3) is 1.89. The van der Waals surface area contributed by atoms with Crippen LogP contribution in [-0.2, 0) is 0 Å². The SMILES string of the molecule is CNC(C)(C#N)CC12CC3CC(CC(C3)C1)C2. The molecule has 1 unspecified atom stereocenters. The van der Waals surface area contributed by atoms with Crippen LogP contribution in [-0.4, -0.2) is 12.6 Å². The molecule has 2 heteroatoms. The number of rotatable bonds is 3. The zero-order valence-electron chi connectivity index (χ0n) is 11.1. The van der Waals surface area contributed by atoms with Crippen molar-refractivity contribution in [1.82, 2.24) is 5.32 Å². The summed E-state index contributed by atoms with van der Waals surface area (Å²) in [6, 6.07) is 2.49. The van der Waals surface area contributed by atoms with Crippen molar-refractivity contribution in [2.75, 3.05) is 7.05 Å². The van der Waals surface area contributed by atoms with E-state index in [1.54, 1.807) is 0 Å². The highest BCUT2D eigenvalue weighted by molar-refractivity contribution is 5.11. The Morgan fingerprint density at radius 2 is 1.65 bits per heavy atom. The van der Waals surface area contributed by atoms with E-state index in [-0.39, 0.29) is 5.54 Å². The van der Waals surface area contributed by atoms with Crippen molar-refractivity contribution in [3.8, 4) is 6.07 Å². The molecule has 0 aromatic heterocycles. The maximum atomic E-state index is 9.37. The number of hydrogen-bond donors (Lipinski definition) is 1. The smallest absolute Gasteiger partial charge is 0.104 e. The molecule has 0 saturated heterocycles. The van der Waals surface area contributed by atoms with Crippen LogP contribution in [0.25, 0.3) is 0 Å². The Morgan fingerprint density at radius 3 is 2.00 bits per heavy atom. The van der Waals surface area contributed by atoms with Gasteiger partial charge in [0.05, 0.1) is 6.07 Å². The van der Waals surface area contributed by atoms with Crippen molar-refractivity contribution in [2.45, 2.75) is 57.4 Å². The van der Waals surface area contributed by atoms with Gasteiger partial charge >= 0.3 is 0 Å². The Labute approximate surface area is 105 Å². The normalized spacial score (nSPS) is 46.5. The van der Waals surface area contributed by atoms with Crippen molar-refractivity contribution < 1.29 is 0 Å². The van der Waals surface area contributed by atoms with Crippen LogP contribution in [0.2, 0.25) is 0 Å². The second kappa shape index (κ2) is 3.72. The monoisotopic (exact) mass is 232 g/mol. The first kappa shape index (κ1) is 11.5. The van der Waals surface area contributed by atoms with Crippen LogP contribution in [0.15, 0.2) is 0 Å². The summed E-state index contributed by atoms with van der Waals surface area (Å²) >= 11 is 0. The Bertz CT molecular complexity index is 319. The Balaban J connectivity index is 1.81. The Kier molecular flexibility index (Phi) is 2.52.